The molecule has 0 aliphatic rings. The summed E-state index contributed by atoms with van der Waals surface area (Å²) in [6.07, 6.45) is -2.23. The molecule has 0 fully saturated rings. The van der Waals surface area contributed by atoms with E-state index in [0.717, 1.165) is 15.5 Å². The van der Waals surface area contributed by atoms with Gasteiger partial charge < -0.3 is 9.88 Å². The molecule has 0 unspecified atom stereocenters. The zero-order valence-corrected chi connectivity index (χ0v) is 13.9. The Morgan fingerprint density at radius 3 is 2.64 bits per heavy atom. The molecule has 1 N–H and O–H groups in total. The van der Waals surface area contributed by atoms with Crippen molar-refractivity contribution in [3.8, 4) is 0 Å². The third-order valence-electron chi connectivity index (χ3n) is 3.14. The fourth-order valence-corrected chi connectivity index (χ4v) is 2.76. The van der Waals surface area contributed by atoms with Gasteiger partial charge in [0.15, 0.2) is 0 Å². The number of benzene rings is 1. The van der Waals surface area contributed by atoms with Gasteiger partial charge in [-0.25, -0.2) is 0 Å². The fourth-order valence-electron chi connectivity index (χ4n) is 2.01. The average molecular weight is 368 g/mol. The topological polar surface area (TPSA) is 51.1 Å². The van der Waals surface area contributed by atoms with Crippen LogP contribution < -0.4 is 10.9 Å². The van der Waals surface area contributed by atoms with Gasteiger partial charge in [0.25, 0.3) is 5.56 Å². The third kappa shape index (κ3) is 5.25. The van der Waals surface area contributed by atoms with E-state index in [1.165, 1.54) is 11.8 Å². The number of carbonyl (C=O) groups excluding carboxylic acids is 1. The van der Waals surface area contributed by atoms with Gasteiger partial charge in [-0.3, -0.25) is 9.59 Å². The van der Waals surface area contributed by atoms with Gasteiger partial charge in [-0.2, -0.15) is 13.2 Å². The molecule has 1 aromatic heterocycles. The number of nitrogens with one attached hydrogen (secondary N) is 1. The number of amides is 1. The number of rotatable bonds is 6. The second kappa shape index (κ2) is 8.06. The van der Waals surface area contributed by atoms with Crippen LogP contribution >= 0.6 is 11.8 Å². The largest absolute Gasteiger partial charge is 0.417 e. The molecule has 132 valence electrons. The van der Waals surface area contributed by atoms with E-state index in [1.54, 1.807) is 30.3 Å². The Kier molecular flexibility index (Phi) is 6.08. The summed E-state index contributed by atoms with van der Waals surface area (Å²) < 4.78 is 38.9. The van der Waals surface area contributed by atoms with E-state index in [-0.39, 0.29) is 0 Å². The van der Waals surface area contributed by atoms with Crippen molar-refractivity contribution in [3.63, 3.8) is 0 Å². The van der Waals surface area contributed by atoms with Crippen molar-refractivity contribution in [2.45, 2.75) is 17.6 Å². The van der Waals surface area contributed by atoms with Crippen molar-refractivity contribution in [1.29, 1.82) is 0 Å². The highest BCUT2D eigenvalue weighted by atomic mass is 32.2. The first kappa shape index (κ1) is 18.9. The molecule has 1 amide bonds. The second-order valence-corrected chi connectivity index (χ2v) is 6.09. The lowest BCUT2D eigenvalue weighted by Gasteiger charge is -2.12. The monoisotopic (exact) mass is 368 g/mol. The number of aromatic nitrogens is 1. The van der Waals surface area contributed by atoms with Gasteiger partial charge in [0, 0.05) is 22.9 Å². The molecule has 0 bridgehead atoms. The first-order chi connectivity index (χ1) is 11.8. The van der Waals surface area contributed by atoms with Crippen LogP contribution in [-0.2, 0) is 17.5 Å². The van der Waals surface area contributed by atoms with E-state index in [2.05, 4.69) is 11.9 Å². The summed E-state index contributed by atoms with van der Waals surface area (Å²) >= 11 is 1.45. The predicted molar refractivity (Wildman–Crippen MR) is 91.7 cm³/mol. The molecule has 1 heterocycles. The first-order valence-corrected chi connectivity index (χ1v) is 8.20. The summed E-state index contributed by atoms with van der Waals surface area (Å²) in [6.45, 7) is 3.11. The van der Waals surface area contributed by atoms with E-state index in [0.29, 0.717) is 23.7 Å². The molecule has 0 spiro atoms. The van der Waals surface area contributed by atoms with Crippen LogP contribution in [0.3, 0.4) is 0 Å². The van der Waals surface area contributed by atoms with Gasteiger partial charge in [0.2, 0.25) is 5.91 Å². The van der Waals surface area contributed by atoms with Gasteiger partial charge >= 0.3 is 6.18 Å². The second-order valence-electron chi connectivity index (χ2n) is 5.03. The minimum Gasteiger partial charge on any atom is -0.324 e. The highest BCUT2D eigenvalue weighted by Gasteiger charge is 2.31. The van der Waals surface area contributed by atoms with Crippen molar-refractivity contribution < 1.29 is 18.0 Å². The molecule has 25 heavy (non-hydrogen) atoms. The highest BCUT2D eigenvalue weighted by Crippen LogP contribution is 2.28. The maximum absolute atomic E-state index is 12.7. The molecule has 2 rings (SSSR count). The van der Waals surface area contributed by atoms with Gasteiger partial charge in [-0.1, -0.05) is 18.2 Å². The summed E-state index contributed by atoms with van der Waals surface area (Å²) in [5, 5.41) is 2.62. The molecule has 8 heteroatoms. The minimum atomic E-state index is -4.58. The van der Waals surface area contributed by atoms with Crippen LogP contribution in [0.25, 0.3) is 0 Å². The lowest BCUT2D eigenvalue weighted by atomic mass is 10.2. The first-order valence-electron chi connectivity index (χ1n) is 7.21. The Morgan fingerprint density at radius 1 is 1.24 bits per heavy atom. The standard InChI is InChI=1S/C17H15F3N2O2S/c1-2-9-25-14-6-4-3-5-13(14)21-15(23)11-22-10-12(17(18,19)20)7-8-16(22)24/h2-8,10H,1,9,11H2,(H,21,23). The van der Waals surface area contributed by atoms with Crippen molar-refractivity contribution in [3.05, 3.63) is 71.2 Å². The minimum absolute atomic E-state index is 0.511. The van der Waals surface area contributed by atoms with E-state index in [4.69, 9.17) is 0 Å². The zero-order chi connectivity index (χ0) is 18.4. The number of carbonyl (C=O) groups is 1. The number of anilines is 1. The maximum Gasteiger partial charge on any atom is 0.417 e. The maximum atomic E-state index is 12.7. The number of alkyl halides is 3. The predicted octanol–water partition coefficient (Wildman–Crippen LogP) is 3.78. The Labute approximate surface area is 146 Å². The van der Waals surface area contributed by atoms with Gasteiger partial charge in [0.05, 0.1) is 11.3 Å². The summed E-state index contributed by atoms with van der Waals surface area (Å²) in [5.41, 5.74) is -1.14. The molecule has 1 aromatic carbocycles. The highest BCUT2D eigenvalue weighted by molar-refractivity contribution is 7.99. The Bertz CT molecular complexity index is 831. The molecule has 0 saturated heterocycles. The molecule has 0 aliphatic heterocycles. The smallest absolute Gasteiger partial charge is 0.324 e. The molecule has 0 atom stereocenters. The summed E-state index contributed by atoms with van der Waals surface area (Å²) in [7, 11) is 0. The number of hydrogen-bond donors (Lipinski definition) is 1. The zero-order valence-electron chi connectivity index (χ0n) is 13.0. The van der Waals surface area contributed by atoms with Crippen LogP contribution in [-0.4, -0.2) is 16.2 Å². The van der Waals surface area contributed by atoms with E-state index in [9.17, 15) is 22.8 Å². The Hall–Kier alpha value is -2.48. The van der Waals surface area contributed by atoms with Crippen molar-refractivity contribution in [2.75, 3.05) is 11.1 Å². The molecular formula is C17H15F3N2O2S. The molecule has 2 aromatic rings. The molecule has 0 saturated carbocycles. The van der Waals surface area contributed by atoms with E-state index >= 15 is 0 Å². The van der Waals surface area contributed by atoms with Gasteiger partial charge in [0.1, 0.15) is 6.54 Å². The lowest BCUT2D eigenvalue weighted by Crippen LogP contribution is -2.28. The Balaban J connectivity index is 2.16. The molecular weight excluding hydrogens is 353 g/mol. The van der Waals surface area contributed by atoms with Gasteiger partial charge in [-0.15, -0.1) is 18.3 Å². The molecule has 4 nitrogen and oxygen atoms in total. The fraction of sp³-hybridized carbons (Fsp3) is 0.176. The Morgan fingerprint density at radius 2 is 1.96 bits per heavy atom. The number of pyridine rings is 1. The van der Waals surface area contributed by atoms with Crippen molar-refractivity contribution >= 4 is 23.4 Å². The number of halogens is 3. The number of nitrogens with zero attached hydrogens (tertiary/aromatic N) is 1. The van der Waals surface area contributed by atoms with Crippen LogP contribution in [0.1, 0.15) is 5.56 Å². The van der Waals surface area contributed by atoms with Crippen molar-refractivity contribution in [2.24, 2.45) is 0 Å². The van der Waals surface area contributed by atoms with E-state index < -0.39 is 29.8 Å². The summed E-state index contributed by atoms with van der Waals surface area (Å²) in [5.74, 6) is 0.0491. The SMILES string of the molecule is C=CCSc1ccccc1NC(=O)Cn1cc(C(F)(F)F)ccc1=O. The van der Waals surface area contributed by atoms with Crippen LogP contribution in [0.4, 0.5) is 18.9 Å². The van der Waals surface area contributed by atoms with E-state index in [1.807, 2.05) is 0 Å². The molecule has 0 radical (unpaired) electrons. The quantitative estimate of drug-likeness (QED) is 0.624. The van der Waals surface area contributed by atoms with Crippen LogP contribution in [0.5, 0.6) is 0 Å². The van der Waals surface area contributed by atoms with Crippen molar-refractivity contribution in [1.82, 2.24) is 4.57 Å². The lowest BCUT2D eigenvalue weighted by molar-refractivity contribution is -0.138. The third-order valence-corrected chi connectivity index (χ3v) is 4.21. The van der Waals surface area contributed by atoms with Crippen LogP contribution in [0.15, 0.2) is 64.9 Å². The number of thioether (sulfide) groups is 1. The number of para-hydroxylation sites is 1. The number of hydrogen-bond acceptors (Lipinski definition) is 3. The van der Waals surface area contributed by atoms with Crippen LogP contribution in [0, 0.1) is 0 Å². The summed E-state index contributed by atoms with van der Waals surface area (Å²) in [6, 6.07) is 8.50. The normalized spacial score (nSPS) is 11.2. The summed E-state index contributed by atoms with van der Waals surface area (Å²) in [4.78, 5) is 24.6. The average Bonchev–Trinajstić information content (AvgIpc) is 2.55. The molecule has 0 aliphatic carbocycles. The van der Waals surface area contributed by atoms with Crippen LogP contribution in [0.2, 0.25) is 0 Å². The van der Waals surface area contributed by atoms with Gasteiger partial charge in [-0.05, 0) is 18.2 Å².